The molecule has 0 heterocycles. The quantitative estimate of drug-likeness (QED) is 0.0202. The van der Waals surface area contributed by atoms with Crippen molar-refractivity contribution in [2.24, 2.45) is 0 Å². The summed E-state index contributed by atoms with van der Waals surface area (Å²) in [7, 11) is 5.34. The number of allylic oxidation sites excluding steroid dienone is 26. The molecule has 0 rings (SSSR count). The number of ether oxygens (including phenoxy) is 3. The van der Waals surface area contributed by atoms with Crippen LogP contribution in [0.25, 0.3) is 0 Å². The number of carbonyl (C=O) groups excluding carboxylic acids is 3. The smallest absolute Gasteiger partial charge is 0.306 e. The number of carboxylic acid groups (broad SMARTS) is 1. The summed E-state index contributed by atoms with van der Waals surface area (Å²) < 4.78 is 17.0. The van der Waals surface area contributed by atoms with Crippen molar-refractivity contribution in [1.29, 1.82) is 0 Å². The molecular formula is C54H79NO7. The van der Waals surface area contributed by atoms with Crippen molar-refractivity contribution in [3.05, 3.63) is 158 Å². The largest absolute Gasteiger partial charge is 0.544 e. The SMILES string of the molecule is CC/C=C/C=C/C=C/C=C/C=C/C=C/C=C/CCCCCC(=O)OCC(COCCC(C(=O)[O-])[N+](C)(C)C)OC(=O)CC/C=C/C/C=C/C/C=C/C/C=C/C/C=C/C/C=C/CC. The van der Waals surface area contributed by atoms with Crippen LogP contribution in [0, 0.1) is 0 Å². The van der Waals surface area contributed by atoms with Gasteiger partial charge in [0.2, 0.25) is 0 Å². The number of nitrogens with zero attached hydrogens (tertiary/aromatic N) is 1. The van der Waals surface area contributed by atoms with Crippen LogP contribution >= 0.6 is 0 Å². The van der Waals surface area contributed by atoms with Gasteiger partial charge in [-0.2, -0.15) is 0 Å². The highest BCUT2D eigenvalue weighted by Crippen LogP contribution is 2.10. The van der Waals surface area contributed by atoms with Gasteiger partial charge in [0.25, 0.3) is 0 Å². The van der Waals surface area contributed by atoms with Gasteiger partial charge in [0.15, 0.2) is 6.10 Å². The van der Waals surface area contributed by atoms with E-state index >= 15 is 0 Å². The third-order valence-electron chi connectivity index (χ3n) is 8.87. The number of likely N-dealkylation sites (N-methyl/N-ethyl adjacent to an activating group) is 1. The van der Waals surface area contributed by atoms with E-state index in [1.54, 1.807) is 21.1 Å². The zero-order chi connectivity index (χ0) is 45.6. The minimum absolute atomic E-state index is 0.0182. The molecule has 342 valence electrons. The lowest BCUT2D eigenvalue weighted by Gasteiger charge is -2.34. The van der Waals surface area contributed by atoms with Crippen molar-refractivity contribution in [3.63, 3.8) is 0 Å². The van der Waals surface area contributed by atoms with E-state index in [0.29, 0.717) is 12.8 Å². The minimum atomic E-state index is -1.15. The predicted molar refractivity (Wildman–Crippen MR) is 258 cm³/mol. The Morgan fingerprint density at radius 3 is 1.45 bits per heavy atom. The number of carbonyl (C=O) groups is 3. The van der Waals surface area contributed by atoms with Crippen molar-refractivity contribution in [2.45, 2.75) is 122 Å². The van der Waals surface area contributed by atoms with Crippen molar-refractivity contribution in [1.82, 2.24) is 0 Å². The highest BCUT2D eigenvalue weighted by Gasteiger charge is 2.25. The monoisotopic (exact) mass is 854 g/mol. The normalized spacial score (nSPS) is 14.4. The summed E-state index contributed by atoms with van der Waals surface area (Å²) in [6, 6.07) is -0.758. The highest BCUT2D eigenvalue weighted by molar-refractivity contribution is 5.70. The molecule has 0 aromatic carbocycles. The summed E-state index contributed by atoms with van der Waals surface area (Å²) in [5.41, 5.74) is 0. The van der Waals surface area contributed by atoms with Crippen LogP contribution in [0.1, 0.15) is 110 Å². The number of hydrogen-bond acceptors (Lipinski definition) is 7. The summed E-state index contributed by atoms with van der Waals surface area (Å²) in [5.74, 6) is -1.93. The molecule has 8 heteroatoms. The van der Waals surface area contributed by atoms with Gasteiger partial charge in [-0.3, -0.25) is 9.59 Å². The molecule has 8 nitrogen and oxygen atoms in total. The molecule has 0 saturated heterocycles. The van der Waals surface area contributed by atoms with E-state index in [9.17, 15) is 19.5 Å². The fraction of sp³-hybridized carbons (Fsp3) is 0.463. The average molecular weight is 854 g/mol. The second kappa shape index (κ2) is 42.6. The first-order valence-corrected chi connectivity index (χ1v) is 22.6. The van der Waals surface area contributed by atoms with E-state index in [0.717, 1.165) is 64.2 Å². The summed E-state index contributed by atoms with van der Waals surface area (Å²) in [5, 5.41) is 11.6. The number of esters is 2. The topological polar surface area (TPSA) is 102 Å². The maximum atomic E-state index is 12.7. The number of aliphatic carboxylic acids is 1. The molecule has 0 aliphatic rings. The summed E-state index contributed by atoms with van der Waals surface area (Å²) >= 11 is 0. The van der Waals surface area contributed by atoms with Crippen LogP contribution < -0.4 is 5.11 Å². The van der Waals surface area contributed by atoms with Crippen LogP contribution in [-0.4, -0.2) is 75.5 Å². The fourth-order valence-electron chi connectivity index (χ4n) is 5.43. The molecular weight excluding hydrogens is 775 g/mol. The molecule has 0 aromatic heterocycles. The van der Waals surface area contributed by atoms with Crippen molar-refractivity contribution in [2.75, 3.05) is 41.0 Å². The minimum Gasteiger partial charge on any atom is -0.544 e. The van der Waals surface area contributed by atoms with Gasteiger partial charge in [0, 0.05) is 19.3 Å². The molecule has 0 aliphatic carbocycles. The first-order chi connectivity index (χ1) is 30.1. The Kier molecular flexibility index (Phi) is 39.2. The lowest BCUT2D eigenvalue weighted by molar-refractivity contribution is -0.889. The lowest BCUT2D eigenvalue weighted by atomic mass is 10.1. The molecule has 2 unspecified atom stereocenters. The molecule has 0 bridgehead atoms. The van der Waals surface area contributed by atoms with Gasteiger partial charge in [-0.25, -0.2) is 0 Å². The predicted octanol–water partition coefficient (Wildman–Crippen LogP) is 11.4. The Morgan fingerprint density at radius 1 is 0.500 bits per heavy atom. The van der Waals surface area contributed by atoms with Gasteiger partial charge in [-0.1, -0.05) is 178 Å². The molecule has 0 saturated carbocycles. The summed E-state index contributed by atoms with van der Waals surface area (Å²) in [4.78, 5) is 36.9. The zero-order valence-corrected chi connectivity index (χ0v) is 38.7. The van der Waals surface area contributed by atoms with Crippen molar-refractivity contribution >= 4 is 17.9 Å². The number of unbranched alkanes of at least 4 members (excludes halogenated alkanes) is 3. The molecule has 0 amide bonds. The Hall–Kier alpha value is -5.05. The Balaban J connectivity index is 4.61. The van der Waals surface area contributed by atoms with Crippen LogP contribution in [0.4, 0.5) is 0 Å². The van der Waals surface area contributed by atoms with E-state index < -0.39 is 24.1 Å². The second-order valence-corrected chi connectivity index (χ2v) is 15.4. The number of hydrogen-bond donors (Lipinski definition) is 0. The maximum Gasteiger partial charge on any atom is 0.306 e. The maximum absolute atomic E-state index is 12.7. The number of quaternary nitrogens is 1. The lowest BCUT2D eigenvalue weighted by Crippen LogP contribution is -2.55. The van der Waals surface area contributed by atoms with Gasteiger partial charge >= 0.3 is 11.9 Å². The molecule has 62 heavy (non-hydrogen) atoms. The molecule has 0 spiro atoms. The van der Waals surface area contributed by atoms with Crippen LogP contribution in [0.15, 0.2) is 158 Å². The molecule has 0 aliphatic heterocycles. The van der Waals surface area contributed by atoms with Gasteiger partial charge in [0.05, 0.1) is 40.3 Å². The summed E-state index contributed by atoms with van der Waals surface area (Å²) in [6.07, 6.45) is 64.2. The Bertz CT molecular complexity index is 1560. The Morgan fingerprint density at radius 2 is 0.968 bits per heavy atom. The van der Waals surface area contributed by atoms with Gasteiger partial charge < -0.3 is 28.6 Å². The second-order valence-electron chi connectivity index (χ2n) is 15.4. The molecule has 0 N–H and O–H groups in total. The molecule has 0 fully saturated rings. The fourth-order valence-corrected chi connectivity index (χ4v) is 5.43. The zero-order valence-electron chi connectivity index (χ0n) is 38.7. The van der Waals surface area contributed by atoms with E-state index in [4.69, 9.17) is 14.2 Å². The standard InChI is InChI=1S/C54H79NO7/c1-6-8-10-12-14-16-18-20-22-24-26-28-30-32-34-36-38-40-42-44-52(56)61-49-50(48-60-47-46-51(54(58)59)55(3,4)5)62-53(57)45-43-41-39-37-35-33-31-29-27-25-23-21-19-17-15-13-11-9-7-2/h8-12,14-18,20-24,26-30,32-35,39,41,50-51H,6-7,13,19,25,31,36-38,40,42-49H2,1-5H3/b10-8+,11-9+,14-12+,17-15+,18-16+,22-20+,23-21+,26-24+,29-27+,30-28+,34-32+,35-33+,41-39+. The van der Waals surface area contributed by atoms with Crippen molar-refractivity contribution < 1.29 is 38.2 Å². The Labute approximate surface area is 376 Å². The third-order valence-corrected chi connectivity index (χ3v) is 8.87. The first kappa shape index (κ1) is 57.0. The van der Waals surface area contributed by atoms with Crippen LogP contribution in [0.5, 0.6) is 0 Å². The molecule has 0 aromatic rings. The van der Waals surface area contributed by atoms with Crippen LogP contribution in [0.2, 0.25) is 0 Å². The van der Waals surface area contributed by atoms with Crippen molar-refractivity contribution in [3.8, 4) is 0 Å². The van der Waals surface area contributed by atoms with E-state index in [1.807, 2.05) is 85.1 Å². The van der Waals surface area contributed by atoms with Crippen LogP contribution in [-0.2, 0) is 28.6 Å². The first-order valence-electron chi connectivity index (χ1n) is 22.6. The summed E-state index contributed by atoms with van der Waals surface area (Å²) in [6.45, 7) is 4.23. The van der Waals surface area contributed by atoms with E-state index in [-0.39, 0.29) is 49.5 Å². The molecule has 0 radical (unpaired) electrons. The van der Waals surface area contributed by atoms with Gasteiger partial charge in [-0.15, -0.1) is 0 Å². The van der Waals surface area contributed by atoms with Gasteiger partial charge in [-0.05, 0) is 70.6 Å². The van der Waals surface area contributed by atoms with Gasteiger partial charge in [0.1, 0.15) is 12.6 Å². The van der Waals surface area contributed by atoms with E-state index in [1.165, 1.54) is 0 Å². The number of carboxylic acids is 1. The number of rotatable bonds is 37. The third kappa shape index (κ3) is 40.4. The van der Waals surface area contributed by atoms with E-state index in [2.05, 4.69) is 86.8 Å². The highest BCUT2D eigenvalue weighted by atomic mass is 16.6. The van der Waals surface area contributed by atoms with Crippen LogP contribution in [0.3, 0.4) is 0 Å². The average Bonchev–Trinajstić information content (AvgIpc) is 3.23. The molecule has 2 atom stereocenters.